The number of alkyl carbamates (subject to hydrolysis) is 2. The van der Waals surface area contributed by atoms with E-state index in [4.69, 9.17) is 9.47 Å². The molecule has 0 fully saturated rings. The number of rotatable bonds is 13. The second-order valence-electron chi connectivity index (χ2n) is 7.46. The quantitative estimate of drug-likeness (QED) is 0.194. The van der Waals surface area contributed by atoms with Gasteiger partial charge in [-0.1, -0.05) is 60.7 Å². The van der Waals surface area contributed by atoms with E-state index in [0.29, 0.717) is 0 Å². The normalized spacial score (nSPS) is 13.1. The van der Waals surface area contributed by atoms with Gasteiger partial charge in [0, 0.05) is 6.54 Å². The van der Waals surface area contributed by atoms with Crippen LogP contribution in [0.2, 0.25) is 0 Å². The van der Waals surface area contributed by atoms with Crippen molar-refractivity contribution < 1.29 is 38.9 Å². The van der Waals surface area contributed by atoms with E-state index >= 15 is 0 Å². The lowest BCUT2D eigenvalue weighted by molar-refractivity contribution is -0.151. The Kier molecular flexibility index (Phi) is 10.7. The van der Waals surface area contributed by atoms with E-state index in [0.717, 1.165) is 11.1 Å². The van der Waals surface area contributed by atoms with Gasteiger partial charge in [0.05, 0.1) is 6.54 Å². The highest BCUT2D eigenvalue weighted by Gasteiger charge is 2.39. The predicted octanol–water partition coefficient (Wildman–Crippen LogP) is 1.48. The lowest BCUT2D eigenvalue weighted by Crippen LogP contribution is -2.50. The third kappa shape index (κ3) is 9.00. The van der Waals surface area contributed by atoms with Crippen molar-refractivity contribution in [3.8, 4) is 0 Å². The van der Waals surface area contributed by atoms with Gasteiger partial charge in [0.1, 0.15) is 19.3 Å². The number of carbonyl (C=O) groups excluding carboxylic acids is 4. The molecule has 0 aliphatic carbocycles. The Labute approximate surface area is 196 Å². The van der Waals surface area contributed by atoms with E-state index in [-0.39, 0.29) is 38.9 Å². The molecule has 2 aromatic carbocycles. The van der Waals surface area contributed by atoms with Crippen molar-refractivity contribution in [1.82, 2.24) is 10.6 Å². The van der Waals surface area contributed by atoms with Crippen LogP contribution in [0.25, 0.3) is 0 Å². The molecule has 0 aliphatic heterocycles. The van der Waals surface area contributed by atoms with Crippen molar-refractivity contribution in [2.45, 2.75) is 37.8 Å². The smallest absolute Gasteiger partial charge is 0.407 e. The van der Waals surface area contributed by atoms with Crippen LogP contribution in [-0.4, -0.2) is 59.3 Å². The van der Waals surface area contributed by atoms with Crippen LogP contribution in [-0.2, 0) is 32.3 Å². The zero-order chi connectivity index (χ0) is 24.8. The third-order valence-corrected chi connectivity index (χ3v) is 4.79. The van der Waals surface area contributed by atoms with Crippen molar-refractivity contribution in [2.24, 2.45) is 0 Å². The molecule has 0 saturated heterocycles. The first-order chi connectivity index (χ1) is 16.3. The minimum atomic E-state index is -2.47. The van der Waals surface area contributed by atoms with Gasteiger partial charge in [-0.3, -0.25) is 9.59 Å². The van der Waals surface area contributed by atoms with E-state index in [1.54, 1.807) is 36.4 Å². The molecule has 10 nitrogen and oxygen atoms in total. The highest BCUT2D eigenvalue weighted by molar-refractivity contribution is 6.03. The van der Waals surface area contributed by atoms with Crippen molar-refractivity contribution in [2.75, 3.05) is 13.1 Å². The van der Waals surface area contributed by atoms with Crippen LogP contribution in [0.4, 0.5) is 9.59 Å². The van der Waals surface area contributed by atoms with Crippen LogP contribution >= 0.6 is 0 Å². The number of aliphatic hydroxyl groups is 2. The maximum atomic E-state index is 12.3. The topological polar surface area (TPSA) is 151 Å². The summed E-state index contributed by atoms with van der Waals surface area (Å²) in [6, 6.07) is 17.9. The summed E-state index contributed by atoms with van der Waals surface area (Å²) in [5.74, 6) is -1.17. The number of hydrogen-bond donors (Lipinski definition) is 4. The maximum Gasteiger partial charge on any atom is 0.407 e. The number of Topliss-reactive ketones (excluding diaryl/α,β-unsaturated/α-hetero) is 1. The summed E-state index contributed by atoms with van der Waals surface area (Å²) in [6.07, 6.45) is -3.65. The summed E-state index contributed by atoms with van der Waals surface area (Å²) < 4.78 is 10.00. The molecule has 0 aromatic heterocycles. The molecule has 34 heavy (non-hydrogen) atoms. The summed E-state index contributed by atoms with van der Waals surface area (Å²) in [5, 5.41) is 25.0. The predicted molar refractivity (Wildman–Crippen MR) is 121 cm³/mol. The molecule has 4 N–H and O–H groups in total. The molecule has 2 amide bonds. The molecule has 2 rings (SSSR count). The minimum absolute atomic E-state index is 0.00419. The fourth-order valence-electron chi connectivity index (χ4n) is 2.90. The molecule has 0 bridgehead atoms. The molecule has 0 radical (unpaired) electrons. The summed E-state index contributed by atoms with van der Waals surface area (Å²) >= 11 is 0. The van der Waals surface area contributed by atoms with E-state index in [1.165, 1.54) is 0 Å². The lowest BCUT2D eigenvalue weighted by atomic mass is 9.91. The first-order valence-electron chi connectivity index (χ1n) is 10.6. The molecule has 0 spiro atoms. The average Bonchev–Trinajstić information content (AvgIpc) is 2.87. The van der Waals surface area contributed by atoms with Crippen LogP contribution in [0.1, 0.15) is 24.0 Å². The Hall–Kier alpha value is -3.76. The number of aldehydes is 1. The van der Waals surface area contributed by atoms with E-state index in [2.05, 4.69) is 10.6 Å². The Morgan fingerprint density at radius 3 is 1.88 bits per heavy atom. The van der Waals surface area contributed by atoms with Gasteiger partial charge >= 0.3 is 12.2 Å². The number of amides is 2. The van der Waals surface area contributed by atoms with Gasteiger partial charge in [0.15, 0.2) is 11.9 Å². The number of ketones is 1. The van der Waals surface area contributed by atoms with Crippen LogP contribution in [0.5, 0.6) is 0 Å². The summed E-state index contributed by atoms with van der Waals surface area (Å²) in [5.41, 5.74) is -0.905. The molecule has 2 unspecified atom stereocenters. The average molecular weight is 472 g/mol. The number of aliphatic hydroxyl groups excluding tert-OH is 1. The van der Waals surface area contributed by atoms with Crippen molar-refractivity contribution in [1.29, 1.82) is 0 Å². The molecular formula is C24H28N2O8. The van der Waals surface area contributed by atoms with E-state index in [9.17, 15) is 29.4 Å². The van der Waals surface area contributed by atoms with Gasteiger partial charge in [-0.2, -0.15) is 0 Å². The van der Waals surface area contributed by atoms with Crippen molar-refractivity contribution in [3.05, 3.63) is 71.8 Å². The number of hydrogen-bond acceptors (Lipinski definition) is 8. The van der Waals surface area contributed by atoms with Crippen LogP contribution in [0, 0.1) is 0 Å². The molecule has 0 aliphatic rings. The fraction of sp³-hybridized carbons (Fsp3) is 0.333. The van der Waals surface area contributed by atoms with Crippen LogP contribution < -0.4 is 10.6 Å². The first-order valence-corrected chi connectivity index (χ1v) is 10.6. The largest absolute Gasteiger partial charge is 0.445 e. The second-order valence-corrected chi connectivity index (χ2v) is 7.46. The highest BCUT2D eigenvalue weighted by atomic mass is 16.6. The van der Waals surface area contributed by atoms with Gasteiger partial charge < -0.3 is 30.3 Å². The zero-order valence-electron chi connectivity index (χ0n) is 18.5. The van der Waals surface area contributed by atoms with Crippen molar-refractivity contribution >= 4 is 24.3 Å². The van der Waals surface area contributed by atoms with Crippen LogP contribution in [0.3, 0.4) is 0 Å². The second kappa shape index (κ2) is 13.7. The van der Waals surface area contributed by atoms with Gasteiger partial charge in [-0.15, -0.1) is 0 Å². The highest BCUT2D eigenvalue weighted by Crippen LogP contribution is 2.14. The Morgan fingerprint density at radius 2 is 1.38 bits per heavy atom. The van der Waals surface area contributed by atoms with Gasteiger partial charge in [0.2, 0.25) is 5.78 Å². The Bertz CT molecular complexity index is 939. The SMILES string of the molecule is O=CC(O)(CCCNC(=O)OCc1ccccc1)C(=O)C(O)CNC(=O)OCc1ccccc1. The van der Waals surface area contributed by atoms with Crippen LogP contribution in [0.15, 0.2) is 60.7 Å². The third-order valence-electron chi connectivity index (χ3n) is 4.79. The Balaban J connectivity index is 1.68. The number of nitrogens with one attached hydrogen (secondary N) is 2. The molecular weight excluding hydrogens is 444 g/mol. The Morgan fingerprint density at radius 1 is 0.882 bits per heavy atom. The molecule has 2 atom stereocenters. The standard InChI is InChI=1S/C24H28N2O8/c27-17-24(32,12-7-13-25-22(30)33-15-18-8-3-1-4-9-18)21(29)20(28)14-26-23(31)34-16-19-10-5-2-6-11-19/h1-6,8-11,17,20,28,32H,7,12-16H2,(H,25,30)(H,26,31). The first kappa shape index (κ1) is 26.5. The maximum absolute atomic E-state index is 12.3. The lowest BCUT2D eigenvalue weighted by Gasteiger charge is -2.23. The summed E-state index contributed by atoms with van der Waals surface area (Å²) in [4.78, 5) is 47.2. The molecule has 0 heterocycles. The molecule has 2 aromatic rings. The van der Waals surface area contributed by atoms with Gasteiger partial charge in [-0.25, -0.2) is 9.59 Å². The number of carbonyl (C=O) groups is 4. The number of ether oxygens (including phenoxy) is 2. The van der Waals surface area contributed by atoms with Crippen molar-refractivity contribution in [3.63, 3.8) is 0 Å². The van der Waals surface area contributed by atoms with E-state index < -0.39 is 36.2 Å². The van der Waals surface area contributed by atoms with E-state index in [1.807, 2.05) is 24.3 Å². The summed E-state index contributed by atoms with van der Waals surface area (Å²) in [7, 11) is 0. The molecule has 10 heteroatoms. The zero-order valence-corrected chi connectivity index (χ0v) is 18.5. The molecule has 182 valence electrons. The van der Waals surface area contributed by atoms with Gasteiger partial charge in [-0.05, 0) is 24.0 Å². The molecule has 0 saturated carbocycles. The minimum Gasteiger partial charge on any atom is -0.445 e. The monoisotopic (exact) mass is 472 g/mol. The fourth-order valence-corrected chi connectivity index (χ4v) is 2.90. The van der Waals surface area contributed by atoms with Gasteiger partial charge in [0.25, 0.3) is 0 Å². The number of benzene rings is 2. The summed E-state index contributed by atoms with van der Waals surface area (Å²) in [6.45, 7) is -0.448.